The van der Waals surface area contributed by atoms with Crippen LogP contribution in [0.15, 0.2) is 0 Å². The third-order valence-electron chi connectivity index (χ3n) is 2.58. The first-order chi connectivity index (χ1) is 6.60. The molecular formula is C7H10F4O3S. The molecule has 90 valence electrons. The van der Waals surface area contributed by atoms with Gasteiger partial charge in [-0.2, -0.15) is 21.6 Å². The summed E-state index contributed by atoms with van der Waals surface area (Å²) in [5.74, 6) is -1.68. The molecule has 0 aromatic rings. The number of hydrogen-bond acceptors (Lipinski definition) is 3. The highest BCUT2D eigenvalue weighted by Crippen LogP contribution is 2.51. The molecule has 8 heteroatoms. The molecule has 1 aliphatic carbocycles. The molecule has 1 saturated carbocycles. The van der Waals surface area contributed by atoms with E-state index in [0.717, 1.165) is 7.11 Å². The summed E-state index contributed by atoms with van der Waals surface area (Å²) in [5.41, 5.74) is -2.29. The van der Waals surface area contributed by atoms with E-state index in [9.17, 15) is 25.5 Å². The molecule has 0 aromatic heterocycles. The van der Waals surface area contributed by atoms with Gasteiger partial charge in [-0.1, -0.05) is 0 Å². The molecule has 1 rings (SSSR count). The Hall–Kier alpha value is -0.370. The van der Waals surface area contributed by atoms with Gasteiger partial charge in [0.25, 0.3) is 0 Å². The van der Waals surface area contributed by atoms with Crippen LogP contribution in [0.4, 0.5) is 17.1 Å². The van der Waals surface area contributed by atoms with Crippen LogP contribution in [0.5, 0.6) is 0 Å². The van der Waals surface area contributed by atoms with Gasteiger partial charge in [0, 0.05) is 7.11 Å². The summed E-state index contributed by atoms with van der Waals surface area (Å²) in [6.45, 7) is 0. The quantitative estimate of drug-likeness (QED) is 0.565. The van der Waals surface area contributed by atoms with Gasteiger partial charge in [-0.3, -0.25) is 0 Å². The SMILES string of the molecule is COC1(C(F)(F)F)CC(CS(=O)(=O)F)C1. The van der Waals surface area contributed by atoms with Crippen molar-refractivity contribution in [2.24, 2.45) is 5.92 Å². The van der Waals surface area contributed by atoms with Crippen LogP contribution < -0.4 is 0 Å². The van der Waals surface area contributed by atoms with E-state index >= 15 is 0 Å². The third-order valence-corrected chi connectivity index (χ3v) is 3.45. The summed E-state index contributed by atoms with van der Waals surface area (Å²) >= 11 is 0. The maximum atomic E-state index is 12.4. The molecule has 1 aliphatic rings. The van der Waals surface area contributed by atoms with Gasteiger partial charge >= 0.3 is 16.4 Å². The number of rotatable bonds is 3. The van der Waals surface area contributed by atoms with Crippen molar-refractivity contribution < 1.29 is 30.2 Å². The van der Waals surface area contributed by atoms with Crippen LogP contribution in [0.25, 0.3) is 0 Å². The Kier molecular flexibility index (Phi) is 3.03. The van der Waals surface area contributed by atoms with Gasteiger partial charge in [0.2, 0.25) is 0 Å². The molecular weight excluding hydrogens is 240 g/mol. The van der Waals surface area contributed by atoms with E-state index in [1.807, 2.05) is 0 Å². The Balaban J connectivity index is 2.61. The van der Waals surface area contributed by atoms with Crippen LogP contribution in [0, 0.1) is 5.92 Å². The molecule has 15 heavy (non-hydrogen) atoms. The highest BCUT2D eigenvalue weighted by atomic mass is 32.3. The lowest BCUT2D eigenvalue weighted by Gasteiger charge is -2.46. The Morgan fingerprint density at radius 3 is 2.13 bits per heavy atom. The van der Waals surface area contributed by atoms with Gasteiger partial charge in [0.1, 0.15) is 0 Å². The molecule has 0 saturated heterocycles. The van der Waals surface area contributed by atoms with Crippen LogP contribution in [0.3, 0.4) is 0 Å². The van der Waals surface area contributed by atoms with Gasteiger partial charge in [0.05, 0.1) is 5.75 Å². The summed E-state index contributed by atoms with van der Waals surface area (Å²) in [4.78, 5) is 0. The molecule has 0 heterocycles. The van der Waals surface area contributed by atoms with Crippen molar-refractivity contribution >= 4 is 10.2 Å². The number of alkyl halides is 3. The first-order valence-corrected chi connectivity index (χ1v) is 5.69. The summed E-state index contributed by atoms with van der Waals surface area (Å²) in [6, 6.07) is 0. The second-order valence-electron chi connectivity index (χ2n) is 3.68. The lowest BCUT2D eigenvalue weighted by molar-refractivity contribution is -0.306. The molecule has 3 nitrogen and oxygen atoms in total. The van der Waals surface area contributed by atoms with Crippen molar-refractivity contribution in [1.29, 1.82) is 0 Å². The predicted molar refractivity (Wildman–Crippen MR) is 43.4 cm³/mol. The zero-order valence-electron chi connectivity index (χ0n) is 7.84. The number of halogens is 4. The summed E-state index contributed by atoms with van der Waals surface area (Å²) in [7, 11) is -3.80. The Labute approximate surface area is 84.6 Å². The monoisotopic (exact) mass is 250 g/mol. The van der Waals surface area contributed by atoms with Crippen molar-refractivity contribution in [1.82, 2.24) is 0 Å². The zero-order valence-corrected chi connectivity index (χ0v) is 8.66. The number of ether oxygens (including phenoxy) is 1. The maximum absolute atomic E-state index is 12.4. The van der Waals surface area contributed by atoms with Crippen molar-refractivity contribution in [2.45, 2.75) is 24.6 Å². The van der Waals surface area contributed by atoms with Crippen molar-refractivity contribution in [3.05, 3.63) is 0 Å². The van der Waals surface area contributed by atoms with Gasteiger partial charge < -0.3 is 4.74 Å². The zero-order chi connectivity index (χ0) is 11.9. The standard InChI is InChI=1S/C7H10F4O3S/c1-14-6(7(8,9)10)2-5(3-6)4-15(11,12)13/h5H,2-4H2,1H3. The normalized spacial score (nSPS) is 32.5. The Morgan fingerprint density at radius 1 is 1.40 bits per heavy atom. The van der Waals surface area contributed by atoms with Crippen LogP contribution in [0.1, 0.15) is 12.8 Å². The minimum atomic E-state index is -4.71. The average molecular weight is 250 g/mol. The van der Waals surface area contributed by atoms with E-state index in [2.05, 4.69) is 4.74 Å². The van der Waals surface area contributed by atoms with E-state index in [4.69, 9.17) is 0 Å². The molecule has 0 radical (unpaired) electrons. The molecule has 0 aromatic carbocycles. The van der Waals surface area contributed by atoms with Crippen molar-refractivity contribution in [3.63, 3.8) is 0 Å². The fraction of sp³-hybridized carbons (Fsp3) is 1.00. The molecule has 1 fully saturated rings. The number of hydrogen-bond donors (Lipinski definition) is 0. The largest absolute Gasteiger partial charge is 0.417 e. The molecule has 0 spiro atoms. The first-order valence-electron chi connectivity index (χ1n) is 4.14. The van der Waals surface area contributed by atoms with E-state index in [0.29, 0.717) is 0 Å². The fourth-order valence-electron chi connectivity index (χ4n) is 1.79. The third kappa shape index (κ3) is 2.60. The van der Waals surface area contributed by atoms with E-state index in [-0.39, 0.29) is 0 Å². The molecule has 0 aliphatic heterocycles. The van der Waals surface area contributed by atoms with Crippen molar-refractivity contribution in [2.75, 3.05) is 12.9 Å². The van der Waals surface area contributed by atoms with Gasteiger partial charge in [-0.05, 0) is 18.8 Å². The van der Waals surface area contributed by atoms with E-state index in [1.165, 1.54) is 0 Å². The fourth-order valence-corrected chi connectivity index (χ4v) is 2.58. The predicted octanol–water partition coefficient (Wildman–Crippen LogP) is 1.64. The Morgan fingerprint density at radius 2 is 1.87 bits per heavy atom. The van der Waals surface area contributed by atoms with Crippen LogP contribution in [-0.2, 0) is 15.0 Å². The van der Waals surface area contributed by atoms with E-state index in [1.54, 1.807) is 0 Å². The lowest BCUT2D eigenvalue weighted by Crippen LogP contribution is -2.57. The molecule has 0 amide bonds. The Bertz CT molecular complexity index is 329. The van der Waals surface area contributed by atoms with E-state index < -0.39 is 46.5 Å². The van der Waals surface area contributed by atoms with Gasteiger partial charge in [-0.25, -0.2) is 0 Å². The average Bonchev–Trinajstić information content (AvgIpc) is 1.90. The van der Waals surface area contributed by atoms with Gasteiger partial charge in [-0.15, -0.1) is 3.89 Å². The lowest BCUT2D eigenvalue weighted by atomic mass is 9.71. The summed E-state index contributed by atoms with van der Waals surface area (Å²) in [6.07, 6.45) is -5.55. The second-order valence-corrected chi connectivity index (χ2v) is 5.09. The van der Waals surface area contributed by atoms with Crippen LogP contribution in [-0.4, -0.2) is 33.1 Å². The van der Waals surface area contributed by atoms with Crippen LogP contribution in [0.2, 0.25) is 0 Å². The van der Waals surface area contributed by atoms with Crippen molar-refractivity contribution in [3.8, 4) is 0 Å². The molecule has 0 unspecified atom stereocenters. The highest BCUT2D eigenvalue weighted by molar-refractivity contribution is 7.86. The topological polar surface area (TPSA) is 43.4 Å². The summed E-state index contributed by atoms with van der Waals surface area (Å²) in [5, 5.41) is 0. The molecule has 0 bridgehead atoms. The number of methoxy groups -OCH3 is 1. The second kappa shape index (κ2) is 3.58. The smallest absolute Gasteiger partial charge is 0.369 e. The minimum Gasteiger partial charge on any atom is -0.369 e. The first kappa shape index (κ1) is 12.7. The summed E-state index contributed by atoms with van der Waals surface area (Å²) < 4.78 is 74.1. The highest BCUT2D eigenvalue weighted by Gasteiger charge is 2.63. The molecule has 0 N–H and O–H groups in total. The minimum absolute atomic E-state index is 0.504. The van der Waals surface area contributed by atoms with Crippen LogP contribution >= 0.6 is 0 Å². The van der Waals surface area contributed by atoms with Gasteiger partial charge in [0.15, 0.2) is 5.60 Å². The molecule has 0 atom stereocenters. The maximum Gasteiger partial charge on any atom is 0.417 e.